The SMILES string of the molecule is C1CNCCN1.CCN(CC)CC.Cc1ccc(C)[n+](CC(=O)c2cc3ccc(F)cc3oc2=O)c1.Cc1cn2cc(-c3cc4ccc(F)cc4oc3=O)cc2cn1.Cc1cn2cc(-c3cc4ccc(N5CCNCC5)cc4oc3=O)cc2cn1.Cc1cnc(C)cn1.O=C(CBr)c1cc2ccc(F)cc2oc1=O.[Br-]. The molecule has 4 aromatic carbocycles. The van der Waals surface area contributed by atoms with E-state index < -0.39 is 34.3 Å². The number of benzene rings is 4. The Morgan fingerprint density at radius 1 is 0.473 bits per heavy atom. The number of nitrogens with zero attached hydrogens (tertiary/aromatic N) is 9. The van der Waals surface area contributed by atoms with Crippen LogP contribution in [0.15, 0.2) is 214 Å². The van der Waals surface area contributed by atoms with Gasteiger partial charge in [0, 0.05) is 171 Å². The fourth-order valence-corrected chi connectivity index (χ4v) is 12.0. The van der Waals surface area contributed by atoms with Crippen LogP contribution >= 0.6 is 15.9 Å². The summed E-state index contributed by atoms with van der Waals surface area (Å²) in [6.07, 6.45) is 16.6. The third-order valence-electron chi connectivity index (χ3n) is 17.8. The van der Waals surface area contributed by atoms with E-state index in [1.54, 1.807) is 41.5 Å². The summed E-state index contributed by atoms with van der Waals surface area (Å²) in [6.45, 7) is 30.1. The lowest BCUT2D eigenvalue weighted by atomic mass is 10.1. The van der Waals surface area contributed by atoms with Crippen molar-refractivity contribution < 1.29 is 62.0 Å². The number of anilines is 1. The van der Waals surface area contributed by atoms with Crippen LogP contribution in [-0.4, -0.2) is 123 Å². The second-order valence-corrected chi connectivity index (χ2v) is 26.4. The number of aromatic nitrogens is 7. The van der Waals surface area contributed by atoms with E-state index in [1.807, 2.05) is 124 Å². The molecule has 0 radical (unpaired) electrons. The molecular formula is C83H85Br2F3N12O10. The normalized spacial score (nSPS) is 12.4. The Balaban J connectivity index is 0.000000156. The lowest BCUT2D eigenvalue weighted by molar-refractivity contribution is -0.689. The molecule has 110 heavy (non-hydrogen) atoms. The number of nitrogens with one attached hydrogen (secondary N) is 3. The molecule has 0 amide bonds. The Bertz CT molecular complexity index is 5760. The number of Topliss-reactive ketones (excluding diaryl/α,β-unsaturated/α-hetero) is 2. The average Bonchev–Trinajstić information content (AvgIpc) is 1.66. The number of halogens is 5. The number of aryl methyl sites for hydroxylation is 6. The summed E-state index contributed by atoms with van der Waals surface area (Å²) in [7, 11) is 0. The van der Waals surface area contributed by atoms with Crippen molar-refractivity contribution in [3.63, 3.8) is 0 Å². The Morgan fingerprint density at radius 3 is 1.29 bits per heavy atom. The van der Waals surface area contributed by atoms with Crippen LogP contribution in [0.25, 0.3) is 77.2 Å². The second-order valence-electron chi connectivity index (χ2n) is 25.8. The number of ketones is 2. The standard InChI is InChI=1S/C21H20N4O2.C18H15FNO3.C17H11FN2O2.C11H6BrFO3.C6H8N2.C6H15N.C4H10N2.BrH/c1-14-12-25-13-16(8-18(25)11-23-14)19-9-15-2-3-17(10-20(15)27-21(19)26)24-6-4-22-5-7-24;1-11-3-4-12(2)20(9-11)10-16(21)15-7-13-5-6-14(19)8-17(13)23-18(15)22;1-10-8-20-9-12(4-14(20)7-19-10)15-5-11-2-3-13(18)6-16(11)22-17(15)21;12-5-9(14)8-3-6-1-2-7(13)4-10(6)16-11(8)15;1-5-3-8-6(2)4-7-5;1-4-7(5-2)6-3;1-2-6-4-3-5-1;/h2-3,8-13,22H,4-7H2,1H3;3-9H,10H2,1-2H3;2-9H,1H3;1-4H,5H2;3-4H,1-2H3;4-6H2,1-3H3;5-6H,1-4H2;1H/q;+1;;;;;;/p-1. The van der Waals surface area contributed by atoms with Crippen LogP contribution in [0, 0.1) is 59.0 Å². The van der Waals surface area contributed by atoms with Crippen LogP contribution in [0.2, 0.25) is 0 Å². The van der Waals surface area contributed by atoms with Gasteiger partial charge in [-0.05, 0) is 145 Å². The Morgan fingerprint density at radius 2 is 0.873 bits per heavy atom. The quantitative estimate of drug-likeness (QED) is 0.0470. The van der Waals surface area contributed by atoms with E-state index in [2.05, 4.69) is 88.5 Å². The Kier molecular flexibility index (Phi) is 29.8. The summed E-state index contributed by atoms with van der Waals surface area (Å²) < 4.78 is 65.7. The van der Waals surface area contributed by atoms with Gasteiger partial charge in [0.05, 0.1) is 62.7 Å². The summed E-state index contributed by atoms with van der Waals surface area (Å²) in [5.41, 5.74) is 9.97. The van der Waals surface area contributed by atoms with E-state index in [-0.39, 0.29) is 73.9 Å². The molecule has 3 N–H and O–H groups in total. The molecule has 0 unspecified atom stereocenters. The van der Waals surface area contributed by atoms with E-state index >= 15 is 0 Å². The maximum atomic E-state index is 13.2. The molecule has 0 spiro atoms. The Hall–Kier alpha value is -10.9. The van der Waals surface area contributed by atoms with Gasteiger partial charge in [0.1, 0.15) is 50.9 Å². The van der Waals surface area contributed by atoms with E-state index in [4.69, 9.17) is 17.7 Å². The lowest BCUT2D eigenvalue weighted by Crippen LogP contribution is -3.00. The van der Waals surface area contributed by atoms with Gasteiger partial charge in [-0.1, -0.05) is 36.7 Å². The van der Waals surface area contributed by atoms with Gasteiger partial charge in [-0.15, -0.1) is 0 Å². The lowest BCUT2D eigenvalue weighted by Gasteiger charge is -2.29. The van der Waals surface area contributed by atoms with Crippen molar-refractivity contribution in [1.82, 2.24) is 49.6 Å². The summed E-state index contributed by atoms with van der Waals surface area (Å²) in [5, 5.41) is 12.5. The highest BCUT2D eigenvalue weighted by atomic mass is 79.9. The van der Waals surface area contributed by atoms with Gasteiger partial charge >= 0.3 is 22.5 Å². The van der Waals surface area contributed by atoms with Gasteiger partial charge in [-0.3, -0.25) is 29.5 Å². The number of hydrogen-bond donors (Lipinski definition) is 3. The predicted molar refractivity (Wildman–Crippen MR) is 422 cm³/mol. The van der Waals surface area contributed by atoms with Crippen molar-refractivity contribution in [3.8, 4) is 22.3 Å². The number of carbonyl (C=O) groups is 2. The fourth-order valence-electron chi connectivity index (χ4n) is 11.7. The molecule has 22 nitrogen and oxygen atoms in total. The van der Waals surface area contributed by atoms with Crippen molar-refractivity contribution in [2.24, 2.45) is 0 Å². The van der Waals surface area contributed by atoms with Crippen LogP contribution in [0.3, 0.4) is 0 Å². The first-order valence-electron chi connectivity index (χ1n) is 35.6. The van der Waals surface area contributed by atoms with E-state index in [0.29, 0.717) is 32.9 Å². The molecule has 12 heterocycles. The minimum absolute atomic E-state index is 0. The van der Waals surface area contributed by atoms with Crippen LogP contribution in [0.4, 0.5) is 18.9 Å². The fraction of sp³-hybridized carbons (Fsp3) is 0.265. The first kappa shape index (κ1) is 83.1. The van der Waals surface area contributed by atoms with Gasteiger partial charge in [0.15, 0.2) is 17.7 Å². The molecule has 2 saturated heterocycles. The molecular weight excluding hydrogens is 1540 g/mol. The second kappa shape index (κ2) is 39.4. The van der Waals surface area contributed by atoms with Crippen LogP contribution in [0.1, 0.15) is 75.5 Å². The molecule has 0 atom stereocenters. The topological polar surface area (TPSA) is 262 Å². The Labute approximate surface area is 650 Å². The maximum absolute atomic E-state index is 13.2. The molecule has 572 valence electrons. The molecule has 10 aromatic heterocycles. The monoisotopic (exact) mass is 1620 g/mol. The summed E-state index contributed by atoms with van der Waals surface area (Å²) in [5.74, 6) is -2.12. The van der Waals surface area contributed by atoms with Gasteiger partial charge in [-0.25, -0.2) is 32.3 Å². The number of piperazine rings is 2. The van der Waals surface area contributed by atoms with E-state index in [9.17, 15) is 41.9 Å². The van der Waals surface area contributed by atoms with Crippen LogP contribution in [0.5, 0.6) is 0 Å². The maximum Gasteiger partial charge on any atom is 0.347 e. The zero-order valence-corrected chi connectivity index (χ0v) is 65.6. The van der Waals surface area contributed by atoms with Crippen molar-refractivity contribution >= 4 is 88.1 Å². The van der Waals surface area contributed by atoms with Gasteiger partial charge in [-0.2, -0.15) is 4.57 Å². The molecule has 2 aliphatic heterocycles. The number of hydrogen-bond acceptors (Lipinski definition) is 19. The van der Waals surface area contributed by atoms with Crippen LogP contribution in [-0.2, 0) is 6.54 Å². The summed E-state index contributed by atoms with van der Waals surface area (Å²) in [6, 6.07) is 32.1. The predicted octanol–water partition coefficient (Wildman–Crippen LogP) is 10.2. The molecule has 0 bridgehead atoms. The molecule has 2 aliphatic rings. The number of carbonyl (C=O) groups excluding carboxylic acids is 2. The zero-order chi connectivity index (χ0) is 77.8. The van der Waals surface area contributed by atoms with E-state index in [1.165, 1.54) is 68.2 Å². The highest BCUT2D eigenvalue weighted by Crippen LogP contribution is 2.28. The van der Waals surface area contributed by atoms with Crippen molar-refractivity contribution in [1.29, 1.82) is 0 Å². The third kappa shape index (κ3) is 22.4. The minimum Gasteiger partial charge on any atom is -1.00 e. The summed E-state index contributed by atoms with van der Waals surface area (Å²) >= 11 is 2.97. The highest BCUT2D eigenvalue weighted by molar-refractivity contribution is 9.09. The smallest absolute Gasteiger partial charge is 0.347 e. The molecule has 2 fully saturated rings. The van der Waals surface area contributed by atoms with Crippen molar-refractivity contribution in [3.05, 3.63) is 281 Å². The van der Waals surface area contributed by atoms with Crippen molar-refractivity contribution in [2.75, 3.05) is 82.2 Å². The number of alkyl halides is 1. The zero-order valence-electron chi connectivity index (χ0n) is 62.4. The first-order valence-corrected chi connectivity index (χ1v) is 36.7. The largest absolute Gasteiger partial charge is 1.00 e. The molecule has 27 heteroatoms. The third-order valence-corrected chi connectivity index (χ3v) is 18.3. The van der Waals surface area contributed by atoms with E-state index in [0.717, 1.165) is 132 Å². The number of rotatable bonds is 11. The first-order chi connectivity index (χ1) is 52.4. The summed E-state index contributed by atoms with van der Waals surface area (Å²) in [4.78, 5) is 93.3. The highest BCUT2D eigenvalue weighted by Gasteiger charge is 2.21. The van der Waals surface area contributed by atoms with Crippen LogP contribution < -0.4 is 64.9 Å². The average molecular weight is 1630 g/mol. The number of fused-ring (bicyclic) bond motifs is 6. The molecule has 14 aromatic rings. The molecule has 16 rings (SSSR count). The van der Waals surface area contributed by atoms with Crippen molar-refractivity contribution in [2.45, 2.75) is 68.9 Å². The minimum atomic E-state index is -0.751. The van der Waals surface area contributed by atoms with Gasteiger partial charge in [0.25, 0.3) is 0 Å². The number of pyridine rings is 1. The molecule has 0 aliphatic carbocycles. The van der Waals surface area contributed by atoms with Gasteiger partial charge < -0.3 is 69.2 Å². The molecule has 0 saturated carbocycles. The van der Waals surface area contributed by atoms with Gasteiger partial charge in [0.2, 0.25) is 12.3 Å².